The van der Waals surface area contributed by atoms with Gasteiger partial charge in [-0.15, -0.1) is 0 Å². The molecular weight excluding hydrogens is 273 g/mol. The van der Waals surface area contributed by atoms with Crippen LogP contribution < -0.4 is 10.6 Å². The molecule has 104 valence electrons. The fourth-order valence-corrected chi connectivity index (χ4v) is 5.13. The number of hydrogen-bond donors (Lipinski definition) is 0. The van der Waals surface area contributed by atoms with Gasteiger partial charge < -0.3 is 0 Å². The van der Waals surface area contributed by atoms with Crippen molar-refractivity contribution < 1.29 is 0 Å². The van der Waals surface area contributed by atoms with E-state index in [1.807, 2.05) is 12.3 Å². The predicted molar refractivity (Wildman–Crippen MR) is 91.7 cm³/mol. The van der Waals surface area contributed by atoms with E-state index in [9.17, 15) is 0 Å². The lowest BCUT2D eigenvalue weighted by atomic mass is 10.3. The van der Waals surface area contributed by atoms with Crippen LogP contribution in [0.1, 0.15) is 18.3 Å². The Kier molecular flexibility index (Phi) is 4.43. The van der Waals surface area contributed by atoms with Crippen LogP contribution in [0.3, 0.4) is 0 Å². The van der Waals surface area contributed by atoms with Gasteiger partial charge in [0.1, 0.15) is 0 Å². The molecule has 0 bridgehead atoms. The molecule has 3 rings (SSSR count). The van der Waals surface area contributed by atoms with Gasteiger partial charge in [0.25, 0.3) is 0 Å². The summed E-state index contributed by atoms with van der Waals surface area (Å²) in [6.45, 7) is 2.29. The molecule has 0 saturated heterocycles. The fourth-order valence-electron chi connectivity index (χ4n) is 2.53. The second-order valence-corrected chi connectivity index (χ2v) is 7.52. The summed E-state index contributed by atoms with van der Waals surface area (Å²) in [5.74, 6) is 0. The van der Waals surface area contributed by atoms with Crippen molar-refractivity contribution in [1.82, 2.24) is 4.98 Å². The quantitative estimate of drug-likeness (QED) is 0.654. The van der Waals surface area contributed by atoms with Crippen LogP contribution in [0, 0.1) is 0 Å². The highest BCUT2D eigenvalue weighted by Crippen LogP contribution is 2.48. The Morgan fingerprint density at radius 3 is 1.71 bits per heavy atom. The first kappa shape index (κ1) is 14.0. The Balaban J connectivity index is 2.05. The molecule has 3 aromatic rings. The molecule has 0 amide bonds. The van der Waals surface area contributed by atoms with E-state index in [-0.39, 0.29) is 0 Å². The molecule has 0 aliphatic rings. The number of hydrogen-bond acceptors (Lipinski definition) is 1. The van der Waals surface area contributed by atoms with Gasteiger partial charge in [0, 0.05) is 17.5 Å². The van der Waals surface area contributed by atoms with Crippen LogP contribution in [0.4, 0.5) is 0 Å². The Bertz CT molecular complexity index is 628. The highest BCUT2D eigenvalue weighted by Gasteiger charge is 2.22. The van der Waals surface area contributed by atoms with Gasteiger partial charge in [0.2, 0.25) is 0 Å². The third-order valence-electron chi connectivity index (χ3n) is 3.57. The van der Waals surface area contributed by atoms with Gasteiger partial charge in [-0.3, -0.25) is 4.98 Å². The molecule has 1 nitrogen and oxygen atoms in total. The van der Waals surface area contributed by atoms with Crippen LogP contribution in [0.2, 0.25) is 0 Å². The SMILES string of the molecule is CC(c1ccccn1)P(c1ccccc1)c1ccccc1. The molecule has 21 heavy (non-hydrogen) atoms. The van der Waals surface area contributed by atoms with Crippen molar-refractivity contribution in [3.05, 3.63) is 90.8 Å². The first-order chi connectivity index (χ1) is 10.4. The monoisotopic (exact) mass is 291 g/mol. The molecule has 0 saturated carbocycles. The van der Waals surface area contributed by atoms with Gasteiger partial charge in [-0.05, 0) is 30.7 Å². The van der Waals surface area contributed by atoms with E-state index in [1.54, 1.807) is 0 Å². The molecule has 0 spiro atoms. The average Bonchev–Trinajstić information content (AvgIpc) is 2.58. The molecular formula is C19H18NP. The van der Waals surface area contributed by atoms with Crippen molar-refractivity contribution in [3.63, 3.8) is 0 Å². The third kappa shape index (κ3) is 3.20. The van der Waals surface area contributed by atoms with Crippen molar-refractivity contribution in [2.75, 3.05) is 0 Å². The molecule has 1 unspecified atom stereocenters. The normalized spacial score (nSPS) is 12.3. The Hall–Kier alpha value is -1.98. The van der Waals surface area contributed by atoms with E-state index in [4.69, 9.17) is 0 Å². The molecule has 1 aromatic heterocycles. The molecule has 0 aliphatic carbocycles. The minimum atomic E-state index is -0.451. The molecule has 0 fully saturated rings. The van der Waals surface area contributed by atoms with Crippen LogP contribution in [0.25, 0.3) is 0 Å². The summed E-state index contributed by atoms with van der Waals surface area (Å²) in [4.78, 5) is 4.57. The molecule has 2 heteroatoms. The van der Waals surface area contributed by atoms with Crippen LogP contribution in [0.15, 0.2) is 85.1 Å². The number of aromatic nitrogens is 1. The standard InChI is InChI=1S/C19H18NP/c1-16(19-14-8-9-15-20-19)21(17-10-4-2-5-11-17)18-12-6-3-7-13-18/h2-16H,1H3. The summed E-state index contributed by atoms with van der Waals surface area (Å²) < 4.78 is 0. The summed E-state index contributed by atoms with van der Waals surface area (Å²) in [6.07, 6.45) is 1.88. The van der Waals surface area contributed by atoms with E-state index < -0.39 is 7.92 Å². The molecule has 1 atom stereocenters. The van der Waals surface area contributed by atoms with E-state index >= 15 is 0 Å². The Labute approximate surface area is 127 Å². The Morgan fingerprint density at radius 2 is 1.24 bits per heavy atom. The molecule has 0 N–H and O–H groups in total. The third-order valence-corrected chi connectivity index (χ3v) is 6.32. The van der Waals surface area contributed by atoms with Crippen molar-refractivity contribution in [3.8, 4) is 0 Å². The highest BCUT2D eigenvalue weighted by atomic mass is 31.1. The van der Waals surface area contributed by atoms with E-state index in [0.29, 0.717) is 5.66 Å². The van der Waals surface area contributed by atoms with Crippen LogP contribution in [-0.4, -0.2) is 4.98 Å². The van der Waals surface area contributed by atoms with E-state index in [1.165, 1.54) is 10.6 Å². The average molecular weight is 291 g/mol. The molecule has 2 aromatic carbocycles. The van der Waals surface area contributed by atoms with Crippen molar-refractivity contribution in [1.29, 1.82) is 0 Å². The zero-order chi connectivity index (χ0) is 14.5. The lowest BCUT2D eigenvalue weighted by molar-refractivity contribution is 0.999. The summed E-state index contributed by atoms with van der Waals surface area (Å²) in [5.41, 5.74) is 1.56. The zero-order valence-corrected chi connectivity index (χ0v) is 12.9. The predicted octanol–water partition coefficient (Wildman–Crippen LogP) is 4.28. The highest BCUT2D eigenvalue weighted by molar-refractivity contribution is 7.73. The number of nitrogens with zero attached hydrogens (tertiary/aromatic N) is 1. The van der Waals surface area contributed by atoms with Gasteiger partial charge >= 0.3 is 0 Å². The maximum absolute atomic E-state index is 4.57. The van der Waals surface area contributed by atoms with Crippen LogP contribution >= 0.6 is 7.92 Å². The number of pyridine rings is 1. The zero-order valence-electron chi connectivity index (χ0n) is 12.1. The van der Waals surface area contributed by atoms with E-state index in [0.717, 1.165) is 5.69 Å². The van der Waals surface area contributed by atoms with Crippen molar-refractivity contribution >= 4 is 18.5 Å². The largest absolute Gasteiger partial charge is 0.261 e. The summed E-state index contributed by atoms with van der Waals surface area (Å²) in [7, 11) is -0.451. The molecule has 0 aliphatic heterocycles. The summed E-state index contributed by atoms with van der Waals surface area (Å²) in [6, 6.07) is 27.8. The lowest BCUT2D eigenvalue weighted by Crippen LogP contribution is -2.16. The number of rotatable bonds is 4. The summed E-state index contributed by atoms with van der Waals surface area (Å²) in [5, 5.41) is 2.80. The first-order valence-corrected chi connectivity index (χ1v) is 8.57. The van der Waals surface area contributed by atoms with E-state index in [2.05, 4.69) is 84.7 Å². The maximum atomic E-state index is 4.57. The maximum Gasteiger partial charge on any atom is 0.0480 e. The van der Waals surface area contributed by atoms with Gasteiger partial charge in [0.15, 0.2) is 0 Å². The second-order valence-electron chi connectivity index (χ2n) is 4.97. The van der Waals surface area contributed by atoms with Gasteiger partial charge in [-0.1, -0.05) is 73.7 Å². The van der Waals surface area contributed by atoms with Crippen LogP contribution in [0.5, 0.6) is 0 Å². The minimum absolute atomic E-state index is 0.394. The molecule has 1 heterocycles. The number of benzene rings is 2. The van der Waals surface area contributed by atoms with Gasteiger partial charge in [0.05, 0.1) is 0 Å². The second kappa shape index (κ2) is 6.65. The molecule has 0 radical (unpaired) electrons. The fraction of sp³-hybridized carbons (Fsp3) is 0.105. The summed E-state index contributed by atoms with van der Waals surface area (Å²) >= 11 is 0. The topological polar surface area (TPSA) is 12.9 Å². The smallest absolute Gasteiger partial charge is 0.0480 e. The van der Waals surface area contributed by atoms with Gasteiger partial charge in [-0.2, -0.15) is 0 Å². The van der Waals surface area contributed by atoms with Gasteiger partial charge in [-0.25, -0.2) is 0 Å². The van der Waals surface area contributed by atoms with Crippen molar-refractivity contribution in [2.24, 2.45) is 0 Å². The minimum Gasteiger partial charge on any atom is -0.261 e. The van der Waals surface area contributed by atoms with Crippen LogP contribution in [-0.2, 0) is 0 Å². The lowest BCUT2D eigenvalue weighted by Gasteiger charge is -2.25. The van der Waals surface area contributed by atoms with Crippen molar-refractivity contribution in [2.45, 2.75) is 12.6 Å². The first-order valence-electron chi connectivity index (χ1n) is 7.16. The Morgan fingerprint density at radius 1 is 0.714 bits per heavy atom.